The minimum atomic E-state index is -0.175. The van der Waals surface area contributed by atoms with E-state index in [2.05, 4.69) is 4.98 Å². The maximum Gasteiger partial charge on any atom is 0.267 e. The number of methoxy groups -OCH3 is 2. The minimum Gasteiger partial charge on any atom is -0.497 e. The summed E-state index contributed by atoms with van der Waals surface area (Å²) in [6, 6.07) is 22.7. The number of carbonyl (C=O) groups is 1. The number of amides is 1. The number of nitrogens with zero attached hydrogens (tertiary/aromatic N) is 2. The van der Waals surface area contributed by atoms with E-state index in [-0.39, 0.29) is 12.5 Å². The van der Waals surface area contributed by atoms with Gasteiger partial charge in [0.1, 0.15) is 17.2 Å². The van der Waals surface area contributed by atoms with Crippen molar-refractivity contribution in [1.82, 2.24) is 4.98 Å². The van der Waals surface area contributed by atoms with Gasteiger partial charge in [-0.05, 0) is 42.0 Å². The first kappa shape index (κ1) is 20.7. The number of ether oxygens (including phenoxy) is 3. The lowest BCUT2D eigenvalue weighted by Gasteiger charge is -2.20. The maximum absolute atomic E-state index is 13.2. The van der Waals surface area contributed by atoms with Crippen molar-refractivity contribution in [2.45, 2.75) is 6.54 Å². The molecule has 1 aromatic heterocycles. The van der Waals surface area contributed by atoms with Gasteiger partial charge >= 0.3 is 0 Å². The van der Waals surface area contributed by atoms with Crippen molar-refractivity contribution in [3.8, 4) is 17.2 Å². The van der Waals surface area contributed by atoms with Crippen LogP contribution in [0.1, 0.15) is 5.56 Å². The van der Waals surface area contributed by atoms with Gasteiger partial charge < -0.3 is 14.2 Å². The zero-order valence-corrected chi connectivity index (χ0v) is 18.1. The molecule has 7 heteroatoms. The van der Waals surface area contributed by atoms with Crippen LogP contribution in [-0.4, -0.2) is 31.7 Å². The zero-order valence-electron chi connectivity index (χ0n) is 17.3. The van der Waals surface area contributed by atoms with Gasteiger partial charge in [0.15, 0.2) is 11.7 Å². The standard InChI is InChI=1S/C24H22N2O4S/c1-28-18-8-10-19(11-9-18)30-16-23(27)26(15-17-6-4-3-5-7-17)24-25-21-14-20(29-2)12-13-22(21)31-24/h3-14H,15-16H2,1-2H3. The smallest absolute Gasteiger partial charge is 0.267 e. The van der Waals surface area contributed by atoms with Gasteiger partial charge in [-0.1, -0.05) is 41.7 Å². The van der Waals surface area contributed by atoms with Gasteiger partial charge in [0.05, 0.1) is 31.0 Å². The third-order valence-corrected chi connectivity index (χ3v) is 5.78. The van der Waals surface area contributed by atoms with E-state index in [9.17, 15) is 4.79 Å². The van der Waals surface area contributed by atoms with E-state index < -0.39 is 0 Å². The van der Waals surface area contributed by atoms with E-state index in [0.717, 1.165) is 27.3 Å². The highest BCUT2D eigenvalue weighted by molar-refractivity contribution is 7.22. The molecule has 4 rings (SSSR count). The van der Waals surface area contributed by atoms with E-state index in [1.165, 1.54) is 11.3 Å². The van der Waals surface area contributed by atoms with Crippen LogP contribution in [0.15, 0.2) is 72.8 Å². The molecule has 0 fully saturated rings. The van der Waals surface area contributed by atoms with Crippen molar-refractivity contribution in [3.05, 3.63) is 78.4 Å². The van der Waals surface area contributed by atoms with Gasteiger partial charge in [0.2, 0.25) is 0 Å². The number of fused-ring (bicyclic) bond motifs is 1. The summed E-state index contributed by atoms with van der Waals surface area (Å²) in [5.74, 6) is 1.89. The number of hydrogen-bond acceptors (Lipinski definition) is 6. The van der Waals surface area contributed by atoms with E-state index in [1.54, 1.807) is 43.4 Å². The van der Waals surface area contributed by atoms with Crippen LogP contribution in [0.25, 0.3) is 10.2 Å². The topological polar surface area (TPSA) is 60.9 Å². The molecular formula is C24H22N2O4S. The summed E-state index contributed by atoms with van der Waals surface area (Å²) in [4.78, 5) is 19.5. The van der Waals surface area contributed by atoms with Crippen molar-refractivity contribution >= 4 is 32.6 Å². The second-order valence-corrected chi connectivity index (χ2v) is 7.77. The van der Waals surface area contributed by atoms with Crippen LogP contribution in [0, 0.1) is 0 Å². The average Bonchev–Trinajstić information content (AvgIpc) is 3.25. The molecule has 0 aliphatic carbocycles. The Hall–Kier alpha value is -3.58. The van der Waals surface area contributed by atoms with Gasteiger partial charge in [0.25, 0.3) is 5.91 Å². The van der Waals surface area contributed by atoms with Crippen molar-refractivity contribution in [3.63, 3.8) is 0 Å². The molecule has 158 valence electrons. The molecule has 0 saturated carbocycles. The van der Waals surface area contributed by atoms with Gasteiger partial charge in [-0.15, -0.1) is 0 Å². The summed E-state index contributed by atoms with van der Waals surface area (Å²) in [6.45, 7) is 0.307. The largest absolute Gasteiger partial charge is 0.497 e. The number of aromatic nitrogens is 1. The molecule has 0 N–H and O–H groups in total. The monoisotopic (exact) mass is 434 g/mol. The van der Waals surface area contributed by atoms with Gasteiger partial charge in [-0.2, -0.15) is 0 Å². The molecule has 4 aromatic rings. The van der Waals surface area contributed by atoms with E-state index in [1.807, 2.05) is 48.5 Å². The Morgan fingerprint density at radius 2 is 1.58 bits per heavy atom. The van der Waals surface area contributed by atoms with Gasteiger partial charge in [0, 0.05) is 6.07 Å². The molecule has 6 nitrogen and oxygen atoms in total. The summed E-state index contributed by atoms with van der Waals surface area (Å²) in [5, 5.41) is 0.621. The van der Waals surface area contributed by atoms with E-state index in [0.29, 0.717) is 17.4 Å². The highest BCUT2D eigenvalue weighted by Gasteiger charge is 2.21. The number of thiazole rings is 1. The molecule has 0 unspecified atom stereocenters. The highest BCUT2D eigenvalue weighted by atomic mass is 32.1. The fourth-order valence-electron chi connectivity index (χ4n) is 3.06. The van der Waals surface area contributed by atoms with E-state index in [4.69, 9.17) is 14.2 Å². The van der Waals surface area contributed by atoms with Crippen molar-refractivity contribution < 1.29 is 19.0 Å². The van der Waals surface area contributed by atoms with Crippen molar-refractivity contribution in [1.29, 1.82) is 0 Å². The van der Waals surface area contributed by atoms with Gasteiger partial charge in [-0.3, -0.25) is 9.69 Å². The summed E-state index contributed by atoms with van der Waals surface area (Å²) in [6.07, 6.45) is 0. The third kappa shape index (κ3) is 4.95. The predicted octanol–water partition coefficient (Wildman–Crippen LogP) is 4.93. The third-order valence-electron chi connectivity index (χ3n) is 4.72. The number of rotatable bonds is 8. The average molecular weight is 435 g/mol. The molecule has 0 aliphatic rings. The molecular weight excluding hydrogens is 412 g/mol. The number of hydrogen-bond donors (Lipinski definition) is 0. The predicted molar refractivity (Wildman–Crippen MR) is 122 cm³/mol. The zero-order chi connectivity index (χ0) is 21.6. The Morgan fingerprint density at radius 3 is 2.29 bits per heavy atom. The Kier molecular flexibility index (Phi) is 6.33. The van der Waals surface area contributed by atoms with Crippen LogP contribution in [-0.2, 0) is 11.3 Å². The first-order valence-electron chi connectivity index (χ1n) is 9.72. The van der Waals surface area contributed by atoms with Crippen LogP contribution in [0.2, 0.25) is 0 Å². The Bertz CT molecular complexity index is 1160. The first-order valence-corrected chi connectivity index (χ1v) is 10.5. The molecule has 0 atom stereocenters. The Morgan fingerprint density at radius 1 is 0.903 bits per heavy atom. The molecule has 31 heavy (non-hydrogen) atoms. The molecule has 0 radical (unpaired) electrons. The summed E-state index contributed by atoms with van der Waals surface area (Å²) < 4.78 is 17.2. The summed E-state index contributed by atoms with van der Waals surface area (Å²) >= 11 is 1.47. The SMILES string of the molecule is COc1ccc(OCC(=O)N(Cc2ccccc2)c2nc3cc(OC)ccc3s2)cc1. The fraction of sp³-hybridized carbons (Fsp3) is 0.167. The number of benzene rings is 3. The normalized spacial score (nSPS) is 10.6. The van der Waals surface area contributed by atoms with Crippen molar-refractivity contribution in [2.24, 2.45) is 0 Å². The second kappa shape index (κ2) is 9.49. The first-order chi connectivity index (χ1) is 15.2. The molecule has 0 saturated heterocycles. The molecule has 0 aliphatic heterocycles. The number of anilines is 1. The number of carbonyl (C=O) groups excluding carboxylic acids is 1. The highest BCUT2D eigenvalue weighted by Crippen LogP contribution is 2.32. The Balaban J connectivity index is 1.58. The molecule has 1 amide bonds. The van der Waals surface area contributed by atoms with Crippen LogP contribution in [0.3, 0.4) is 0 Å². The Labute approximate surface area is 184 Å². The van der Waals surface area contributed by atoms with Crippen molar-refractivity contribution in [2.75, 3.05) is 25.7 Å². The van der Waals surface area contributed by atoms with E-state index >= 15 is 0 Å². The minimum absolute atomic E-state index is 0.0988. The van der Waals surface area contributed by atoms with Crippen LogP contribution in [0.4, 0.5) is 5.13 Å². The molecule has 0 bridgehead atoms. The quantitative estimate of drug-likeness (QED) is 0.394. The maximum atomic E-state index is 13.2. The van der Waals surface area contributed by atoms with Crippen LogP contribution in [0.5, 0.6) is 17.2 Å². The lowest BCUT2D eigenvalue weighted by atomic mass is 10.2. The summed E-state index contributed by atoms with van der Waals surface area (Å²) in [5.41, 5.74) is 1.80. The lowest BCUT2D eigenvalue weighted by molar-refractivity contribution is -0.120. The lowest BCUT2D eigenvalue weighted by Crippen LogP contribution is -2.34. The fourth-order valence-corrected chi connectivity index (χ4v) is 4.02. The second-order valence-electron chi connectivity index (χ2n) is 6.76. The molecule has 0 spiro atoms. The molecule has 3 aromatic carbocycles. The van der Waals surface area contributed by atoms with Gasteiger partial charge in [-0.25, -0.2) is 4.98 Å². The molecule has 1 heterocycles. The summed E-state index contributed by atoms with van der Waals surface area (Å²) in [7, 11) is 3.23. The van der Waals surface area contributed by atoms with Crippen LogP contribution >= 0.6 is 11.3 Å². The van der Waals surface area contributed by atoms with Crippen LogP contribution < -0.4 is 19.1 Å².